The van der Waals surface area contributed by atoms with Crippen molar-refractivity contribution in [3.05, 3.63) is 35.4 Å². The van der Waals surface area contributed by atoms with Crippen molar-refractivity contribution in [1.29, 1.82) is 0 Å². The molecule has 0 saturated carbocycles. The fourth-order valence-electron chi connectivity index (χ4n) is 1.25. The summed E-state index contributed by atoms with van der Waals surface area (Å²) in [4.78, 5) is 16.3. The predicted octanol–water partition coefficient (Wildman–Crippen LogP) is 2.34. The molecule has 0 aliphatic heterocycles. The maximum absolute atomic E-state index is 11.6. The van der Waals surface area contributed by atoms with Crippen molar-refractivity contribution in [2.75, 3.05) is 13.7 Å². The Balaban J connectivity index is 2.97. The summed E-state index contributed by atoms with van der Waals surface area (Å²) in [6, 6.07) is 7.17. The van der Waals surface area contributed by atoms with Crippen LogP contribution in [0.1, 0.15) is 18.1 Å². The summed E-state index contributed by atoms with van der Waals surface area (Å²) < 4.78 is 4.89. The minimum absolute atomic E-state index is 0.149. The molecule has 5 heteroatoms. The average Bonchev–Trinajstić information content (AvgIpc) is 2.36. The summed E-state index contributed by atoms with van der Waals surface area (Å²) in [6.07, 6.45) is 0. The van der Waals surface area contributed by atoms with Gasteiger partial charge in [0.15, 0.2) is 5.71 Å². The number of hydrogen-bond acceptors (Lipinski definition) is 4. The first-order valence-electron chi connectivity index (χ1n) is 5.16. The van der Waals surface area contributed by atoms with Crippen LogP contribution in [0.4, 0.5) is 0 Å². The van der Waals surface area contributed by atoms with E-state index in [2.05, 4.69) is 9.99 Å². The van der Waals surface area contributed by atoms with Crippen LogP contribution >= 0.6 is 11.6 Å². The van der Waals surface area contributed by atoms with Gasteiger partial charge in [0.2, 0.25) is 0 Å². The van der Waals surface area contributed by atoms with E-state index in [0.717, 1.165) is 5.56 Å². The molecule has 1 rings (SSSR count). The molecule has 0 fully saturated rings. The maximum Gasteiger partial charge on any atom is 0.361 e. The lowest BCUT2D eigenvalue weighted by Gasteiger charge is -2.05. The molecule has 1 aromatic rings. The van der Waals surface area contributed by atoms with Gasteiger partial charge >= 0.3 is 5.97 Å². The highest BCUT2D eigenvalue weighted by Crippen LogP contribution is 2.09. The Kier molecular flexibility index (Phi) is 5.49. The zero-order valence-corrected chi connectivity index (χ0v) is 10.5. The summed E-state index contributed by atoms with van der Waals surface area (Å²) in [5.74, 6) is -0.0795. The summed E-state index contributed by atoms with van der Waals surface area (Å²) in [5, 5.41) is 3.68. The van der Waals surface area contributed by atoms with Crippen molar-refractivity contribution in [3.63, 3.8) is 0 Å². The van der Waals surface area contributed by atoms with Gasteiger partial charge in [0.1, 0.15) is 7.11 Å². The normalized spacial score (nSPS) is 11.1. The minimum atomic E-state index is -0.507. The number of alkyl halides is 1. The zero-order valence-electron chi connectivity index (χ0n) is 9.77. The Morgan fingerprint density at radius 2 is 2.00 bits per heavy atom. The molecular weight excluding hydrogens is 242 g/mol. The number of esters is 1. The van der Waals surface area contributed by atoms with Crippen LogP contribution in [0.3, 0.4) is 0 Å². The van der Waals surface area contributed by atoms with Crippen molar-refractivity contribution in [2.24, 2.45) is 5.16 Å². The van der Waals surface area contributed by atoms with Gasteiger partial charge in [-0.2, -0.15) is 0 Å². The molecule has 0 saturated heterocycles. The van der Waals surface area contributed by atoms with Crippen LogP contribution in [-0.4, -0.2) is 25.4 Å². The fourth-order valence-corrected chi connectivity index (χ4v) is 1.43. The number of carbonyl (C=O) groups is 1. The predicted molar refractivity (Wildman–Crippen MR) is 66.2 cm³/mol. The molecule has 1 aromatic carbocycles. The molecule has 0 atom stereocenters. The van der Waals surface area contributed by atoms with Crippen LogP contribution in [-0.2, 0) is 20.2 Å². The number of halogens is 1. The second-order valence-electron chi connectivity index (χ2n) is 3.17. The van der Waals surface area contributed by atoms with Gasteiger partial charge in [-0.1, -0.05) is 29.4 Å². The highest BCUT2D eigenvalue weighted by atomic mass is 35.5. The Labute approximate surface area is 105 Å². The maximum atomic E-state index is 11.6. The number of ether oxygens (including phenoxy) is 1. The number of nitrogens with zero attached hydrogens (tertiary/aromatic N) is 1. The molecule has 0 heterocycles. The number of benzene rings is 1. The van der Waals surface area contributed by atoms with Gasteiger partial charge in [0.05, 0.1) is 6.61 Å². The van der Waals surface area contributed by atoms with Gasteiger partial charge in [-0.05, 0) is 12.5 Å². The van der Waals surface area contributed by atoms with E-state index in [1.807, 2.05) is 12.1 Å². The molecule has 17 heavy (non-hydrogen) atoms. The summed E-state index contributed by atoms with van der Waals surface area (Å²) in [7, 11) is 1.38. The van der Waals surface area contributed by atoms with E-state index >= 15 is 0 Å². The highest BCUT2D eigenvalue weighted by Gasteiger charge is 2.16. The summed E-state index contributed by atoms with van der Waals surface area (Å²) >= 11 is 5.69. The highest BCUT2D eigenvalue weighted by molar-refractivity contribution is 6.43. The molecule has 0 N–H and O–H groups in total. The van der Waals surface area contributed by atoms with E-state index in [1.54, 1.807) is 19.1 Å². The summed E-state index contributed by atoms with van der Waals surface area (Å²) in [5.41, 5.74) is 1.76. The number of hydrogen-bond donors (Lipinski definition) is 0. The molecule has 0 spiro atoms. The smallest absolute Gasteiger partial charge is 0.361 e. The summed E-state index contributed by atoms with van der Waals surface area (Å²) in [6.45, 7) is 2.03. The minimum Gasteiger partial charge on any atom is -0.461 e. The average molecular weight is 256 g/mol. The quantitative estimate of drug-likeness (QED) is 0.351. The first-order chi connectivity index (χ1) is 8.22. The first kappa shape index (κ1) is 13.5. The largest absolute Gasteiger partial charge is 0.461 e. The van der Waals surface area contributed by atoms with Crippen molar-refractivity contribution in [3.8, 4) is 0 Å². The standard InChI is InChI=1S/C12H14ClNO3/c1-3-17-12(15)11(14-16-2)10-6-4-9(8-13)5-7-10/h4-7H,3,8H2,1-2H3/b14-11-. The van der Waals surface area contributed by atoms with Crippen LogP contribution in [0.2, 0.25) is 0 Å². The van der Waals surface area contributed by atoms with E-state index in [0.29, 0.717) is 18.1 Å². The van der Waals surface area contributed by atoms with E-state index < -0.39 is 5.97 Å². The van der Waals surface area contributed by atoms with Crippen molar-refractivity contribution in [2.45, 2.75) is 12.8 Å². The molecule has 0 bridgehead atoms. The Hall–Kier alpha value is -1.55. The van der Waals surface area contributed by atoms with Gasteiger partial charge in [0, 0.05) is 11.4 Å². The van der Waals surface area contributed by atoms with E-state index in [9.17, 15) is 4.79 Å². The van der Waals surface area contributed by atoms with Crippen LogP contribution in [0.25, 0.3) is 0 Å². The van der Waals surface area contributed by atoms with Crippen LogP contribution in [0.5, 0.6) is 0 Å². The molecule has 0 amide bonds. The monoisotopic (exact) mass is 255 g/mol. The molecule has 0 aromatic heterocycles. The molecule has 4 nitrogen and oxygen atoms in total. The van der Waals surface area contributed by atoms with Crippen LogP contribution in [0, 0.1) is 0 Å². The van der Waals surface area contributed by atoms with E-state index in [1.165, 1.54) is 7.11 Å². The van der Waals surface area contributed by atoms with Crippen molar-refractivity contribution < 1.29 is 14.4 Å². The second kappa shape index (κ2) is 6.91. The molecule has 0 unspecified atom stereocenters. The third kappa shape index (κ3) is 3.75. The number of carbonyl (C=O) groups excluding carboxylic acids is 1. The van der Waals surface area contributed by atoms with Gasteiger partial charge < -0.3 is 9.57 Å². The second-order valence-corrected chi connectivity index (χ2v) is 3.44. The molecular formula is C12H14ClNO3. The Morgan fingerprint density at radius 3 is 2.47 bits per heavy atom. The fraction of sp³-hybridized carbons (Fsp3) is 0.333. The number of rotatable bonds is 5. The van der Waals surface area contributed by atoms with Gasteiger partial charge in [0.25, 0.3) is 0 Å². The Morgan fingerprint density at radius 1 is 1.35 bits per heavy atom. The van der Waals surface area contributed by atoms with Gasteiger partial charge in [-0.15, -0.1) is 11.6 Å². The lowest BCUT2D eigenvalue weighted by molar-refractivity contribution is -0.135. The van der Waals surface area contributed by atoms with Gasteiger partial charge in [-0.25, -0.2) is 4.79 Å². The van der Waals surface area contributed by atoms with Crippen LogP contribution in [0.15, 0.2) is 29.4 Å². The zero-order chi connectivity index (χ0) is 12.7. The van der Waals surface area contributed by atoms with E-state index in [4.69, 9.17) is 16.3 Å². The lowest BCUT2D eigenvalue weighted by atomic mass is 10.1. The third-order valence-corrected chi connectivity index (χ3v) is 2.34. The molecule has 0 aliphatic carbocycles. The molecule has 0 aliphatic rings. The third-order valence-electron chi connectivity index (χ3n) is 2.03. The van der Waals surface area contributed by atoms with Gasteiger partial charge in [-0.3, -0.25) is 0 Å². The van der Waals surface area contributed by atoms with Crippen molar-refractivity contribution >= 4 is 23.3 Å². The number of oxime groups is 1. The lowest BCUT2D eigenvalue weighted by Crippen LogP contribution is -2.19. The molecule has 0 radical (unpaired) electrons. The topological polar surface area (TPSA) is 47.9 Å². The SMILES string of the molecule is CCOC(=O)/C(=N\OC)c1ccc(CCl)cc1. The van der Waals surface area contributed by atoms with E-state index in [-0.39, 0.29) is 5.71 Å². The molecule has 92 valence electrons. The van der Waals surface area contributed by atoms with Crippen molar-refractivity contribution in [1.82, 2.24) is 0 Å². The Bertz CT molecular complexity index is 401. The first-order valence-corrected chi connectivity index (χ1v) is 5.70. The van der Waals surface area contributed by atoms with Crippen LogP contribution < -0.4 is 0 Å².